The molecule has 3 aromatic rings. The maximum absolute atomic E-state index is 12.9. The minimum Gasteiger partial charge on any atom is -0.378 e. The van der Waals surface area contributed by atoms with E-state index in [2.05, 4.69) is 26.7 Å². The molecular weight excluding hydrogens is 374 g/mol. The Balaban J connectivity index is 1.84. The van der Waals surface area contributed by atoms with Gasteiger partial charge in [-0.3, -0.25) is 15.1 Å². The maximum atomic E-state index is 12.9. The summed E-state index contributed by atoms with van der Waals surface area (Å²) in [6.07, 6.45) is 3.46. The molecule has 0 unspecified atom stereocenters. The van der Waals surface area contributed by atoms with E-state index in [4.69, 9.17) is 0 Å². The maximum Gasteiger partial charge on any atom is 0.258 e. The minimum absolute atomic E-state index is 0.218. The van der Waals surface area contributed by atoms with Crippen LogP contribution in [0.4, 0.5) is 11.4 Å². The van der Waals surface area contributed by atoms with Crippen LogP contribution in [0.5, 0.6) is 0 Å². The van der Waals surface area contributed by atoms with Crippen LogP contribution < -0.4 is 15.5 Å². The molecule has 0 aliphatic carbocycles. The van der Waals surface area contributed by atoms with E-state index in [9.17, 15) is 4.79 Å². The molecule has 30 heavy (non-hydrogen) atoms. The quantitative estimate of drug-likeness (QED) is 0.497. The van der Waals surface area contributed by atoms with Gasteiger partial charge in [0.05, 0.1) is 6.54 Å². The van der Waals surface area contributed by atoms with Crippen molar-refractivity contribution < 1.29 is 4.79 Å². The second-order valence-corrected chi connectivity index (χ2v) is 7.42. The van der Waals surface area contributed by atoms with Crippen molar-refractivity contribution in [2.45, 2.75) is 20.4 Å². The van der Waals surface area contributed by atoms with Crippen LogP contribution in [-0.2, 0) is 6.54 Å². The Morgan fingerprint density at radius 1 is 1.00 bits per heavy atom. The summed E-state index contributed by atoms with van der Waals surface area (Å²) in [6.45, 7) is 4.50. The average Bonchev–Trinajstić information content (AvgIpc) is 2.72. The third-order valence-corrected chi connectivity index (χ3v) is 4.51. The topological polar surface area (TPSA) is 69.6 Å². The van der Waals surface area contributed by atoms with E-state index < -0.39 is 0 Å². The van der Waals surface area contributed by atoms with Crippen LogP contribution in [0.1, 0.15) is 27.0 Å². The van der Waals surface area contributed by atoms with E-state index >= 15 is 0 Å². The van der Waals surface area contributed by atoms with Crippen LogP contribution in [0.15, 0.2) is 72.0 Å². The van der Waals surface area contributed by atoms with Gasteiger partial charge in [-0.05, 0) is 73.0 Å². The van der Waals surface area contributed by atoms with Gasteiger partial charge in [0, 0.05) is 43.4 Å². The first-order valence-electron chi connectivity index (χ1n) is 9.78. The number of rotatable bonds is 5. The van der Waals surface area contributed by atoms with Crippen molar-refractivity contribution in [3.05, 3.63) is 89.2 Å². The first-order valence-corrected chi connectivity index (χ1v) is 9.78. The molecule has 3 rings (SSSR count). The molecule has 0 spiro atoms. The summed E-state index contributed by atoms with van der Waals surface area (Å²) in [4.78, 5) is 23.5. The number of anilines is 2. The molecule has 1 heterocycles. The average molecular weight is 402 g/mol. The molecule has 6 heteroatoms. The van der Waals surface area contributed by atoms with Crippen molar-refractivity contribution in [3.8, 4) is 0 Å². The van der Waals surface area contributed by atoms with Gasteiger partial charge in [-0.2, -0.15) is 0 Å². The van der Waals surface area contributed by atoms with Crippen molar-refractivity contribution in [1.82, 2.24) is 10.3 Å². The molecule has 0 saturated carbocycles. The fourth-order valence-electron chi connectivity index (χ4n) is 3.06. The molecule has 0 saturated heterocycles. The number of aromatic nitrogens is 1. The number of hydrogen-bond acceptors (Lipinski definition) is 4. The fraction of sp³-hybridized carbons (Fsp3) is 0.208. The summed E-state index contributed by atoms with van der Waals surface area (Å²) in [5, 5.41) is 6.18. The van der Waals surface area contributed by atoms with Gasteiger partial charge in [0.25, 0.3) is 5.91 Å². The number of carbonyl (C=O) groups excluding carboxylic acids is 1. The Bertz CT molecular complexity index is 1020. The molecule has 0 fully saturated rings. The van der Waals surface area contributed by atoms with Crippen LogP contribution in [0.25, 0.3) is 0 Å². The highest BCUT2D eigenvalue weighted by Crippen LogP contribution is 2.15. The first kappa shape index (κ1) is 21.0. The predicted octanol–water partition coefficient (Wildman–Crippen LogP) is 4.16. The number of nitrogens with zero attached hydrogens (tertiary/aromatic N) is 3. The fourth-order valence-corrected chi connectivity index (χ4v) is 3.06. The Morgan fingerprint density at radius 2 is 1.70 bits per heavy atom. The molecule has 154 valence electrons. The summed E-state index contributed by atoms with van der Waals surface area (Å²) >= 11 is 0. The van der Waals surface area contributed by atoms with Crippen molar-refractivity contribution >= 4 is 23.2 Å². The highest BCUT2D eigenvalue weighted by Gasteiger charge is 2.11. The van der Waals surface area contributed by atoms with E-state index in [-0.39, 0.29) is 5.91 Å². The van der Waals surface area contributed by atoms with Gasteiger partial charge < -0.3 is 10.2 Å². The van der Waals surface area contributed by atoms with E-state index in [1.165, 1.54) is 0 Å². The monoisotopic (exact) mass is 401 g/mol. The highest BCUT2D eigenvalue weighted by atomic mass is 16.1. The number of amides is 1. The van der Waals surface area contributed by atoms with Gasteiger partial charge in [-0.15, -0.1) is 0 Å². The van der Waals surface area contributed by atoms with Crippen molar-refractivity contribution in [3.63, 3.8) is 0 Å². The second-order valence-electron chi connectivity index (χ2n) is 7.42. The van der Waals surface area contributed by atoms with Crippen molar-refractivity contribution in [2.75, 3.05) is 24.3 Å². The van der Waals surface area contributed by atoms with Crippen LogP contribution in [0, 0.1) is 13.8 Å². The van der Waals surface area contributed by atoms with Crippen LogP contribution in [0.3, 0.4) is 0 Å². The lowest BCUT2D eigenvalue weighted by molar-refractivity contribution is 0.0977. The van der Waals surface area contributed by atoms with Crippen LogP contribution in [0.2, 0.25) is 0 Å². The number of nitrogens with one attached hydrogen (secondary N) is 2. The summed E-state index contributed by atoms with van der Waals surface area (Å²) < 4.78 is 0. The lowest BCUT2D eigenvalue weighted by atomic mass is 10.1. The van der Waals surface area contributed by atoms with E-state index in [1.54, 1.807) is 18.5 Å². The number of hydrogen-bond donors (Lipinski definition) is 2. The second kappa shape index (κ2) is 9.69. The van der Waals surface area contributed by atoms with Crippen LogP contribution >= 0.6 is 0 Å². The van der Waals surface area contributed by atoms with E-state index in [0.29, 0.717) is 18.1 Å². The van der Waals surface area contributed by atoms with Crippen molar-refractivity contribution in [2.24, 2.45) is 4.99 Å². The SMILES string of the molecule is Cc1cc(C)cc(NC(=NCc2ccncc2)NC(=O)c2cccc(N(C)C)c2)c1. The number of aliphatic imine (C=N–C) groups is 1. The smallest absolute Gasteiger partial charge is 0.258 e. The Labute approximate surface area is 177 Å². The summed E-state index contributed by atoms with van der Waals surface area (Å²) in [5.41, 5.74) is 5.68. The minimum atomic E-state index is -0.218. The third-order valence-electron chi connectivity index (χ3n) is 4.51. The molecule has 2 N–H and O–H groups in total. The van der Waals surface area contributed by atoms with Gasteiger partial charge in [0.1, 0.15) is 0 Å². The van der Waals surface area contributed by atoms with Gasteiger partial charge in [-0.25, -0.2) is 4.99 Å². The third kappa shape index (κ3) is 5.91. The summed E-state index contributed by atoms with van der Waals surface area (Å²) in [7, 11) is 3.89. The molecule has 2 aromatic carbocycles. The van der Waals surface area contributed by atoms with Gasteiger partial charge in [-0.1, -0.05) is 12.1 Å². The summed E-state index contributed by atoms with van der Waals surface area (Å²) in [5.74, 6) is 0.182. The normalized spacial score (nSPS) is 11.1. The molecule has 0 aliphatic rings. The van der Waals surface area contributed by atoms with E-state index in [0.717, 1.165) is 28.1 Å². The van der Waals surface area contributed by atoms with Gasteiger partial charge in [0.2, 0.25) is 5.96 Å². The van der Waals surface area contributed by atoms with Gasteiger partial charge >= 0.3 is 0 Å². The molecule has 1 aromatic heterocycles. The Kier molecular flexibility index (Phi) is 6.80. The Hall–Kier alpha value is -3.67. The number of aryl methyl sites for hydroxylation is 2. The first-order chi connectivity index (χ1) is 14.4. The number of guanidine groups is 1. The molecule has 0 aliphatic heterocycles. The standard InChI is InChI=1S/C24H27N5O/c1-17-12-18(2)14-21(13-17)27-24(26-16-19-8-10-25-11-9-19)28-23(30)20-6-5-7-22(15-20)29(3)4/h5-15H,16H2,1-4H3,(H2,26,27,28,30). The van der Waals surface area contributed by atoms with Gasteiger partial charge in [0.15, 0.2) is 0 Å². The molecule has 1 amide bonds. The summed E-state index contributed by atoms with van der Waals surface area (Å²) in [6, 6.07) is 17.4. The molecule has 0 radical (unpaired) electrons. The number of pyridine rings is 1. The zero-order valence-electron chi connectivity index (χ0n) is 17.8. The lowest BCUT2D eigenvalue weighted by Crippen LogP contribution is -2.36. The lowest BCUT2D eigenvalue weighted by Gasteiger charge is -2.15. The zero-order chi connectivity index (χ0) is 21.5. The van der Waals surface area contributed by atoms with E-state index in [1.807, 2.05) is 75.3 Å². The largest absolute Gasteiger partial charge is 0.378 e. The highest BCUT2D eigenvalue weighted by molar-refractivity contribution is 6.10. The number of carbonyl (C=O) groups is 1. The Morgan fingerprint density at radius 3 is 2.37 bits per heavy atom. The molecule has 0 atom stereocenters. The zero-order valence-corrected chi connectivity index (χ0v) is 17.8. The van der Waals surface area contributed by atoms with Crippen LogP contribution in [-0.4, -0.2) is 30.9 Å². The molecule has 0 bridgehead atoms. The predicted molar refractivity (Wildman–Crippen MR) is 123 cm³/mol. The number of benzene rings is 2. The van der Waals surface area contributed by atoms with Crippen molar-refractivity contribution in [1.29, 1.82) is 0 Å². The molecule has 6 nitrogen and oxygen atoms in total. The molecular formula is C24H27N5O.